The fraction of sp³-hybridized carbons (Fsp3) is 0.600. The number of unbranched alkanes of at least 4 members (excludes halogenated alkanes) is 6. The van der Waals surface area contributed by atoms with Crippen molar-refractivity contribution < 1.29 is 9.84 Å². The summed E-state index contributed by atoms with van der Waals surface area (Å²) in [5.41, 5.74) is 1.01. The van der Waals surface area contributed by atoms with Crippen LogP contribution in [-0.2, 0) is 6.42 Å². The minimum Gasteiger partial charge on any atom is -0.508 e. The first kappa shape index (κ1) is 12.3. The van der Waals surface area contributed by atoms with E-state index >= 15 is 0 Å². The van der Waals surface area contributed by atoms with Gasteiger partial charge in [-0.3, -0.25) is 0 Å². The van der Waals surface area contributed by atoms with E-state index in [1.54, 1.807) is 6.07 Å². The van der Waals surface area contributed by atoms with Crippen LogP contribution in [0.15, 0.2) is 12.1 Å². The summed E-state index contributed by atoms with van der Waals surface area (Å²) in [7, 11) is 0. The number of fused-ring (bicyclic) bond motifs is 1. The van der Waals surface area contributed by atoms with Crippen molar-refractivity contribution >= 4 is 0 Å². The number of hydrogen-bond donors (Lipinski definition) is 1. The second-order valence-electron chi connectivity index (χ2n) is 4.86. The van der Waals surface area contributed by atoms with Crippen LogP contribution in [0.5, 0.6) is 17.2 Å². The van der Waals surface area contributed by atoms with Crippen LogP contribution in [0.4, 0.5) is 0 Å². The predicted octanol–water partition coefficient (Wildman–Crippen LogP) is 4.79. The third kappa shape index (κ3) is 3.39. The second kappa shape index (κ2) is 5.95. The maximum absolute atomic E-state index is 9.72. The molecule has 0 spiro atoms. The van der Waals surface area contributed by atoms with E-state index in [1.807, 2.05) is 6.07 Å². The third-order valence-corrected chi connectivity index (χ3v) is 3.40. The molecule has 1 heterocycles. The highest BCUT2D eigenvalue weighted by molar-refractivity contribution is 5.63. The number of aromatic hydroxyl groups is 1. The van der Waals surface area contributed by atoms with Crippen LogP contribution in [0.25, 0.3) is 0 Å². The van der Waals surface area contributed by atoms with Crippen LogP contribution in [0.2, 0.25) is 0 Å². The Kier molecular flexibility index (Phi) is 4.29. The lowest BCUT2D eigenvalue weighted by Gasteiger charge is -2.02. The molecule has 1 aromatic rings. The van der Waals surface area contributed by atoms with Gasteiger partial charge in [0.25, 0.3) is 0 Å². The molecule has 1 aliphatic rings. The SMILES string of the molecule is CCCCCCCCCc1c(O)ccc2c1O2. The van der Waals surface area contributed by atoms with E-state index in [9.17, 15) is 5.11 Å². The van der Waals surface area contributed by atoms with Crippen molar-refractivity contribution in [1.29, 1.82) is 0 Å². The Morgan fingerprint density at radius 3 is 2.47 bits per heavy atom. The van der Waals surface area contributed by atoms with Crippen molar-refractivity contribution in [2.24, 2.45) is 0 Å². The van der Waals surface area contributed by atoms with Gasteiger partial charge < -0.3 is 9.84 Å². The highest BCUT2D eigenvalue weighted by atomic mass is 16.6. The third-order valence-electron chi connectivity index (χ3n) is 3.40. The van der Waals surface area contributed by atoms with Gasteiger partial charge in [-0.15, -0.1) is 0 Å². The van der Waals surface area contributed by atoms with Crippen molar-refractivity contribution in [2.45, 2.75) is 58.3 Å². The lowest BCUT2D eigenvalue weighted by atomic mass is 10.0. The largest absolute Gasteiger partial charge is 0.508 e. The molecule has 2 heteroatoms. The molecule has 94 valence electrons. The Morgan fingerprint density at radius 1 is 1.00 bits per heavy atom. The Bertz CT molecular complexity index is 368. The summed E-state index contributed by atoms with van der Waals surface area (Å²) in [5.74, 6) is 2.27. The molecule has 1 aromatic carbocycles. The van der Waals surface area contributed by atoms with E-state index in [2.05, 4.69) is 6.92 Å². The van der Waals surface area contributed by atoms with Crippen molar-refractivity contribution in [3.05, 3.63) is 17.7 Å². The molecular formula is C15H22O2. The molecule has 0 fully saturated rings. The lowest BCUT2D eigenvalue weighted by Crippen LogP contribution is -1.85. The first-order valence-corrected chi connectivity index (χ1v) is 6.85. The van der Waals surface area contributed by atoms with E-state index in [0.29, 0.717) is 5.75 Å². The summed E-state index contributed by atoms with van der Waals surface area (Å²) in [6, 6.07) is 3.57. The highest BCUT2D eigenvalue weighted by Gasteiger charge is 2.26. The average molecular weight is 234 g/mol. The maximum atomic E-state index is 9.72. The molecule has 1 aliphatic heterocycles. The topological polar surface area (TPSA) is 32.8 Å². The molecule has 0 bridgehead atoms. The number of phenols is 1. The molecule has 1 N–H and O–H groups in total. The fourth-order valence-electron chi connectivity index (χ4n) is 2.28. The molecule has 0 amide bonds. The molecule has 0 atom stereocenters. The van der Waals surface area contributed by atoms with Crippen molar-refractivity contribution in [3.63, 3.8) is 0 Å². The van der Waals surface area contributed by atoms with Gasteiger partial charge in [0.1, 0.15) is 5.75 Å². The Labute approximate surface area is 104 Å². The number of ether oxygens (including phenoxy) is 1. The average Bonchev–Trinajstić information content (AvgIpc) is 3.10. The number of hydrogen-bond acceptors (Lipinski definition) is 2. The fourth-order valence-corrected chi connectivity index (χ4v) is 2.28. The summed E-state index contributed by atoms with van der Waals surface area (Å²) >= 11 is 0. The van der Waals surface area contributed by atoms with Crippen LogP contribution in [0.3, 0.4) is 0 Å². The molecular weight excluding hydrogens is 212 g/mol. The first-order chi connectivity index (χ1) is 8.33. The Hall–Kier alpha value is -1.18. The molecule has 0 radical (unpaired) electrons. The van der Waals surface area contributed by atoms with Crippen LogP contribution >= 0.6 is 0 Å². The Balaban J connectivity index is 1.63. The van der Waals surface area contributed by atoms with E-state index in [-0.39, 0.29) is 0 Å². The van der Waals surface area contributed by atoms with E-state index in [4.69, 9.17) is 4.74 Å². The van der Waals surface area contributed by atoms with Crippen LogP contribution in [0.1, 0.15) is 57.4 Å². The van der Waals surface area contributed by atoms with Gasteiger partial charge in [-0.25, -0.2) is 0 Å². The highest BCUT2D eigenvalue weighted by Crippen LogP contribution is 2.51. The minimum atomic E-state index is 0.396. The van der Waals surface area contributed by atoms with Crippen LogP contribution in [-0.4, -0.2) is 5.11 Å². The number of phenolic OH excluding ortho intramolecular Hbond substituents is 1. The van der Waals surface area contributed by atoms with Gasteiger partial charge in [0.15, 0.2) is 11.5 Å². The van der Waals surface area contributed by atoms with E-state index in [0.717, 1.165) is 29.9 Å². The molecule has 0 unspecified atom stereocenters. The van der Waals surface area contributed by atoms with Gasteiger partial charge in [-0.2, -0.15) is 0 Å². The minimum absolute atomic E-state index is 0.396. The zero-order valence-corrected chi connectivity index (χ0v) is 10.7. The van der Waals surface area contributed by atoms with Crippen molar-refractivity contribution in [2.75, 3.05) is 0 Å². The van der Waals surface area contributed by atoms with Gasteiger partial charge in [-0.1, -0.05) is 45.4 Å². The summed E-state index contributed by atoms with van der Waals surface area (Å²) in [5, 5.41) is 9.72. The van der Waals surface area contributed by atoms with Crippen LogP contribution in [0, 0.1) is 0 Å². The normalized spacial score (nSPS) is 12.1. The summed E-state index contributed by atoms with van der Waals surface area (Å²) in [4.78, 5) is 0. The standard InChI is InChI=1S/C15H22O2/c1-2-3-4-5-6-7-8-9-12-13(16)10-11-14-15(12)17-14/h10-11,16H,2-9H2,1H3. The monoisotopic (exact) mass is 234 g/mol. The smallest absolute Gasteiger partial charge is 0.177 e. The second-order valence-corrected chi connectivity index (χ2v) is 4.86. The number of rotatable bonds is 8. The first-order valence-electron chi connectivity index (χ1n) is 6.85. The quantitative estimate of drug-likeness (QED) is 0.526. The summed E-state index contributed by atoms with van der Waals surface area (Å²) in [6.07, 6.45) is 10.1. The Morgan fingerprint density at radius 2 is 1.71 bits per heavy atom. The molecule has 0 aliphatic carbocycles. The molecule has 2 rings (SSSR count). The van der Waals surface area contributed by atoms with E-state index in [1.165, 1.54) is 38.5 Å². The molecule has 17 heavy (non-hydrogen) atoms. The lowest BCUT2D eigenvalue weighted by molar-refractivity contribution is 0.465. The van der Waals surface area contributed by atoms with Gasteiger partial charge in [0.2, 0.25) is 0 Å². The van der Waals surface area contributed by atoms with Crippen LogP contribution < -0.4 is 4.74 Å². The van der Waals surface area contributed by atoms with Crippen molar-refractivity contribution in [3.8, 4) is 17.2 Å². The van der Waals surface area contributed by atoms with Crippen molar-refractivity contribution in [1.82, 2.24) is 0 Å². The molecule has 0 saturated heterocycles. The molecule has 0 aromatic heterocycles. The molecule has 0 saturated carbocycles. The maximum Gasteiger partial charge on any atom is 0.177 e. The summed E-state index contributed by atoms with van der Waals surface area (Å²) < 4.78 is 5.30. The van der Waals surface area contributed by atoms with Gasteiger partial charge in [0.05, 0.1) is 0 Å². The summed E-state index contributed by atoms with van der Waals surface area (Å²) in [6.45, 7) is 2.24. The zero-order valence-electron chi connectivity index (χ0n) is 10.7. The number of benzene rings is 1. The van der Waals surface area contributed by atoms with Gasteiger partial charge in [0, 0.05) is 5.56 Å². The van der Waals surface area contributed by atoms with E-state index < -0.39 is 0 Å². The van der Waals surface area contributed by atoms with Gasteiger partial charge in [-0.05, 0) is 25.0 Å². The zero-order chi connectivity index (χ0) is 12.1. The van der Waals surface area contributed by atoms with Gasteiger partial charge >= 0.3 is 0 Å². The molecule has 2 nitrogen and oxygen atoms in total. The predicted molar refractivity (Wildman–Crippen MR) is 69.9 cm³/mol.